The van der Waals surface area contributed by atoms with Crippen LogP contribution in [0.2, 0.25) is 0 Å². The summed E-state index contributed by atoms with van der Waals surface area (Å²) in [6.45, 7) is 13.6. The topological polar surface area (TPSA) is 110 Å². The summed E-state index contributed by atoms with van der Waals surface area (Å²) in [5, 5.41) is 2.28. The van der Waals surface area contributed by atoms with E-state index in [9.17, 15) is 18.0 Å². The van der Waals surface area contributed by atoms with Gasteiger partial charge in [-0.1, -0.05) is 55.4 Å². The third-order valence-electron chi connectivity index (χ3n) is 5.46. The van der Waals surface area contributed by atoms with E-state index in [0.717, 1.165) is 12.0 Å². The highest BCUT2D eigenvalue weighted by Crippen LogP contribution is 2.40. The van der Waals surface area contributed by atoms with Crippen LogP contribution in [0.1, 0.15) is 67.7 Å². The molecule has 0 aromatic rings. The normalized spacial score (nSPS) is 18.6. The Morgan fingerprint density at radius 2 is 1.82 bits per heavy atom. The molecule has 0 aromatic carbocycles. The van der Waals surface area contributed by atoms with Crippen LogP contribution in [0, 0.1) is 5.41 Å². The largest absolute Gasteiger partial charge is 0.461 e. The number of carbonyl (C=O) groups excluding carboxylic acids is 2. The van der Waals surface area contributed by atoms with Crippen molar-refractivity contribution in [2.75, 3.05) is 5.75 Å². The Balaban J connectivity index is 2.83. The van der Waals surface area contributed by atoms with Crippen LogP contribution in [0.3, 0.4) is 0 Å². The van der Waals surface area contributed by atoms with Gasteiger partial charge >= 0.3 is 5.97 Å². The Kier molecular flexibility index (Phi) is 11.2. The minimum atomic E-state index is -4.49. The summed E-state index contributed by atoms with van der Waals surface area (Å²) in [5.41, 5.74) is 4.65. The molecule has 0 aliphatic heterocycles. The van der Waals surface area contributed by atoms with Crippen molar-refractivity contribution in [3.8, 4) is 0 Å². The second kappa shape index (κ2) is 12.9. The van der Waals surface area contributed by atoms with Crippen LogP contribution in [-0.2, 0) is 24.4 Å². The second-order valence-corrected chi connectivity index (χ2v) is 11.2. The fraction of sp³-hybridized carbons (Fsp3) is 0.538. The Labute approximate surface area is 204 Å². The molecule has 0 saturated heterocycles. The molecule has 8 heteroatoms. The molecule has 0 bridgehead atoms. The molecule has 190 valence electrons. The average Bonchev–Trinajstić information content (AvgIpc) is 2.64. The van der Waals surface area contributed by atoms with E-state index in [-0.39, 0.29) is 5.41 Å². The Morgan fingerprint density at radius 3 is 2.38 bits per heavy atom. The maximum absolute atomic E-state index is 12.3. The summed E-state index contributed by atoms with van der Waals surface area (Å²) in [5.74, 6) is -2.56. The Morgan fingerprint density at radius 1 is 1.18 bits per heavy atom. The highest BCUT2D eigenvalue weighted by molar-refractivity contribution is 7.85. The molecular formula is C26H39NO6S. The van der Waals surface area contributed by atoms with E-state index in [1.54, 1.807) is 26.8 Å². The lowest BCUT2D eigenvalue weighted by molar-refractivity contribution is -0.150. The summed E-state index contributed by atoms with van der Waals surface area (Å²) in [6, 6.07) is -1.51. The van der Waals surface area contributed by atoms with Gasteiger partial charge in [0.1, 0.15) is 11.8 Å². The highest BCUT2D eigenvalue weighted by Gasteiger charge is 2.28. The summed E-state index contributed by atoms with van der Waals surface area (Å²) < 4.78 is 36.4. The fourth-order valence-corrected chi connectivity index (χ4v) is 4.43. The maximum atomic E-state index is 12.3. The number of ether oxygens (including phenoxy) is 1. The van der Waals surface area contributed by atoms with Gasteiger partial charge in [-0.2, -0.15) is 8.42 Å². The van der Waals surface area contributed by atoms with E-state index in [1.165, 1.54) is 30.1 Å². The molecule has 1 aliphatic rings. The van der Waals surface area contributed by atoms with E-state index in [2.05, 4.69) is 38.2 Å². The minimum Gasteiger partial charge on any atom is -0.461 e. The number of allylic oxidation sites excluding steroid dienone is 9. The van der Waals surface area contributed by atoms with E-state index in [1.807, 2.05) is 19.1 Å². The summed E-state index contributed by atoms with van der Waals surface area (Å²) in [7, 11) is -4.49. The molecule has 1 amide bonds. The number of carbonyl (C=O) groups is 2. The molecule has 0 saturated carbocycles. The van der Waals surface area contributed by atoms with Crippen LogP contribution in [0.5, 0.6) is 0 Å². The zero-order valence-electron chi connectivity index (χ0n) is 21.3. The zero-order valence-corrected chi connectivity index (χ0v) is 22.2. The Bertz CT molecular complexity index is 1010. The predicted molar refractivity (Wildman–Crippen MR) is 136 cm³/mol. The minimum absolute atomic E-state index is 0.177. The van der Waals surface area contributed by atoms with Crippen molar-refractivity contribution < 1.29 is 27.3 Å². The van der Waals surface area contributed by atoms with Gasteiger partial charge in [0, 0.05) is 6.08 Å². The third-order valence-corrected chi connectivity index (χ3v) is 6.22. The van der Waals surface area contributed by atoms with Crippen LogP contribution in [0.4, 0.5) is 0 Å². The van der Waals surface area contributed by atoms with Crippen LogP contribution in [-0.4, -0.2) is 42.7 Å². The van der Waals surface area contributed by atoms with E-state index < -0.39 is 39.9 Å². The lowest BCUT2D eigenvalue weighted by Crippen LogP contribution is -2.46. The van der Waals surface area contributed by atoms with Crippen molar-refractivity contribution in [1.82, 2.24) is 5.32 Å². The lowest BCUT2D eigenvalue weighted by atomic mass is 9.72. The van der Waals surface area contributed by atoms with Crippen LogP contribution >= 0.6 is 0 Å². The van der Waals surface area contributed by atoms with Gasteiger partial charge < -0.3 is 10.1 Å². The van der Waals surface area contributed by atoms with Crippen LogP contribution in [0.15, 0.2) is 58.7 Å². The first-order chi connectivity index (χ1) is 15.6. The van der Waals surface area contributed by atoms with Gasteiger partial charge in [-0.25, -0.2) is 4.79 Å². The van der Waals surface area contributed by atoms with E-state index in [0.29, 0.717) is 5.57 Å². The molecule has 1 aliphatic carbocycles. The van der Waals surface area contributed by atoms with Crippen LogP contribution in [0.25, 0.3) is 0 Å². The first-order valence-corrected chi connectivity index (χ1v) is 13.1. The standard InChI is InChI=1S/C26H39NO6S/c1-18(2)33-25(29)23(17-34(30,31)32)27-24(28)16-20(4)11-8-10-19(3)13-14-22-21(5)12-9-15-26(22,6)7/h8,10-11,13-14,16,18,23H,9,12,15,17H2,1-7H3,(H,27,28)(H,30,31,32)/b11-8+,14-13+,19-10+,20-16+. The molecular weight excluding hydrogens is 454 g/mol. The number of rotatable bonds is 10. The molecule has 0 aromatic heterocycles. The van der Waals surface area contributed by atoms with Crippen LogP contribution < -0.4 is 5.32 Å². The van der Waals surface area contributed by atoms with Gasteiger partial charge in [0.05, 0.1) is 6.10 Å². The van der Waals surface area contributed by atoms with Crippen molar-refractivity contribution in [3.05, 3.63) is 58.7 Å². The van der Waals surface area contributed by atoms with Gasteiger partial charge in [-0.05, 0) is 70.4 Å². The quantitative estimate of drug-likeness (QED) is 0.195. The van der Waals surface area contributed by atoms with E-state index >= 15 is 0 Å². The Hall–Kier alpha value is -2.45. The van der Waals surface area contributed by atoms with Gasteiger partial charge in [-0.3, -0.25) is 9.35 Å². The number of hydrogen-bond donors (Lipinski definition) is 2. The number of esters is 1. The molecule has 0 fully saturated rings. The van der Waals surface area contributed by atoms with Gasteiger partial charge in [0.2, 0.25) is 5.91 Å². The van der Waals surface area contributed by atoms with E-state index in [4.69, 9.17) is 9.29 Å². The molecule has 7 nitrogen and oxygen atoms in total. The first-order valence-electron chi connectivity index (χ1n) is 11.5. The van der Waals surface area contributed by atoms with Gasteiger partial charge in [0.25, 0.3) is 10.1 Å². The monoisotopic (exact) mass is 493 g/mol. The molecule has 0 heterocycles. The maximum Gasteiger partial charge on any atom is 0.330 e. The molecule has 1 atom stereocenters. The predicted octanol–water partition coefficient (Wildman–Crippen LogP) is 4.84. The van der Waals surface area contributed by atoms with Gasteiger partial charge in [-0.15, -0.1) is 0 Å². The molecule has 0 radical (unpaired) electrons. The van der Waals surface area contributed by atoms with Crippen molar-refractivity contribution >= 4 is 22.0 Å². The summed E-state index contributed by atoms with van der Waals surface area (Å²) in [4.78, 5) is 24.3. The molecule has 2 N–H and O–H groups in total. The van der Waals surface area contributed by atoms with Gasteiger partial charge in [0.15, 0.2) is 0 Å². The number of hydrogen-bond acceptors (Lipinski definition) is 5. The first kappa shape index (κ1) is 29.6. The smallest absolute Gasteiger partial charge is 0.330 e. The average molecular weight is 494 g/mol. The lowest BCUT2D eigenvalue weighted by Gasteiger charge is -2.32. The summed E-state index contributed by atoms with van der Waals surface area (Å²) >= 11 is 0. The zero-order chi connectivity index (χ0) is 26.1. The summed E-state index contributed by atoms with van der Waals surface area (Å²) in [6.07, 6.45) is 14.0. The second-order valence-electron chi connectivity index (χ2n) is 9.72. The highest BCUT2D eigenvalue weighted by atomic mass is 32.2. The molecule has 0 spiro atoms. The third kappa shape index (κ3) is 11.1. The van der Waals surface area contributed by atoms with Crippen molar-refractivity contribution in [3.63, 3.8) is 0 Å². The fourth-order valence-electron chi connectivity index (χ4n) is 3.79. The molecule has 34 heavy (non-hydrogen) atoms. The SMILES string of the molecule is CC1=C(/C=C/C(C)=C/C=C/C(C)=C/C(=O)NC(CS(=O)(=O)O)C(=O)OC(C)C)C(C)(C)CCC1. The molecule has 1 rings (SSSR count). The van der Waals surface area contributed by atoms with Crippen molar-refractivity contribution in [1.29, 1.82) is 0 Å². The van der Waals surface area contributed by atoms with Crippen molar-refractivity contribution in [2.24, 2.45) is 5.41 Å². The van der Waals surface area contributed by atoms with Crippen molar-refractivity contribution in [2.45, 2.75) is 79.9 Å². The molecule has 1 unspecified atom stereocenters. The number of nitrogens with one attached hydrogen (secondary N) is 1. The number of amides is 1.